The van der Waals surface area contributed by atoms with Gasteiger partial charge in [0.1, 0.15) is 0 Å². The summed E-state index contributed by atoms with van der Waals surface area (Å²) in [6.45, 7) is 2.06. The van der Waals surface area contributed by atoms with Gasteiger partial charge in [0.05, 0.1) is 10.6 Å². The van der Waals surface area contributed by atoms with Crippen molar-refractivity contribution >= 4 is 5.69 Å². The third kappa shape index (κ3) is 3.52. The Hall–Kier alpha value is -2.88. The molecule has 27 heavy (non-hydrogen) atoms. The highest BCUT2D eigenvalue weighted by Crippen LogP contribution is 2.34. The van der Waals surface area contributed by atoms with Crippen molar-refractivity contribution in [2.75, 3.05) is 0 Å². The van der Waals surface area contributed by atoms with E-state index in [0.717, 1.165) is 17.1 Å². The Morgan fingerprint density at radius 3 is 2.19 bits per heavy atom. The van der Waals surface area contributed by atoms with Crippen LogP contribution in [0.5, 0.6) is 0 Å². The van der Waals surface area contributed by atoms with Crippen LogP contribution in [0.4, 0.5) is 5.69 Å². The van der Waals surface area contributed by atoms with Crippen LogP contribution in [0.15, 0.2) is 60.7 Å². The molecule has 4 rings (SSSR count). The Morgan fingerprint density at radius 2 is 1.56 bits per heavy atom. The molecular formula is C23H24N2O2. The third-order valence-corrected chi connectivity index (χ3v) is 5.68. The molecule has 1 fully saturated rings. The van der Waals surface area contributed by atoms with Crippen LogP contribution in [-0.2, 0) is 0 Å². The number of benzene rings is 2. The Kier molecular flexibility index (Phi) is 4.80. The fourth-order valence-corrected chi connectivity index (χ4v) is 4.19. The molecule has 1 aliphatic rings. The normalized spacial score (nSPS) is 15.0. The number of non-ortho nitro benzene ring substituents is 1. The average Bonchev–Trinajstić information content (AvgIpc) is 3.10. The van der Waals surface area contributed by atoms with Crippen molar-refractivity contribution in [2.24, 2.45) is 0 Å². The van der Waals surface area contributed by atoms with Gasteiger partial charge in [0.25, 0.3) is 5.69 Å². The van der Waals surface area contributed by atoms with E-state index in [1.807, 2.05) is 12.1 Å². The van der Waals surface area contributed by atoms with Crippen LogP contribution in [0.25, 0.3) is 16.9 Å². The maximum atomic E-state index is 10.9. The van der Waals surface area contributed by atoms with Gasteiger partial charge in [-0.05, 0) is 61.1 Å². The summed E-state index contributed by atoms with van der Waals surface area (Å²) in [5.41, 5.74) is 5.88. The maximum absolute atomic E-state index is 10.9. The molecule has 0 aliphatic heterocycles. The first-order valence-electron chi connectivity index (χ1n) is 9.67. The number of nitrogens with zero attached hydrogens (tertiary/aromatic N) is 2. The molecule has 0 atom stereocenters. The molecular weight excluding hydrogens is 336 g/mol. The van der Waals surface area contributed by atoms with E-state index in [2.05, 4.69) is 47.9 Å². The second-order valence-corrected chi connectivity index (χ2v) is 7.43. The second-order valence-electron chi connectivity index (χ2n) is 7.43. The number of aryl methyl sites for hydroxylation is 1. The second kappa shape index (κ2) is 7.39. The van der Waals surface area contributed by atoms with Crippen LogP contribution < -0.4 is 0 Å². The van der Waals surface area contributed by atoms with Crippen LogP contribution in [0.2, 0.25) is 0 Å². The zero-order chi connectivity index (χ0) is 18.8. The predicted octanol–water partition coefficient (Wildman–Crippen LogP) is 6.41. The molecule has 138 valence electrons. The van der Waals surface area contributed by atoms with Gasteiger partial charge in [0, 0.05) is 23.5 Å². The van der Waals surface area contributed by atoms with Gasteiger partial charge in [-0.1, -0.05) is 43.5 Å². The monoisotopic (exact) mass is 360 g/mol. The van der Waals surface area contributed by atoms with E-state index in [1.165, 1.54) is 43.2 Å². The van der Waals surface area contributed by atoms with E-state index in [9.17, 15) is 10.1 Å². The maximum Gasteiger partial charge on any atom is 0.269 e. The molecule has 0 saturated heterocycles. The molecule has 0 N–H and O–H groups in total. The SMILES string of the molecule is Cc1ccc(-c2ccc(C3CCCCC3)cc2)n1-c1ccc([N+](=O)[O-])cc1. The lowest BCUT2D eigenvalue weighted by molar-refractivity contribution is -0.384. The fraction of sp³-hybridized carbons (Fsp3) is 0.304. The lowest BCUT2D eigenvalue weighted by atomic mass is 9.84. The molecule has 0 unspecified atom stereocenters. The first-order valence-corrected chi connectivity index (χ1v) is 9.67. The lowest BCUT2D eigenvalue weighted by Gasteiger charge is -2.22. The highest BCUT2D eigenvalue weighted by Gasteiger charge is 2.16. The Labute approximate surface area is 159 Å². The summed E-state index contributed by atoms with van der Waals surface area (Å²) in [6, 6.07) is 19.9. The first kappa shape index (κ1) is 17.5. The Morgan fingerprint density at radius 1 is 0.889 bits per heavy atom. The van der Waals surface area contributed by atoms with Crippen molar-refractivity contribution < 1.29 is 4.92 Å². The largest absolute Gasteiger partial charge is 0.314 e. The van der Waals surface area contributed by atoms with Crippen LogP contribution in [0, 0.1) is 17.0 Å². The molecule has 3 aromatic rings. The quantitative estimate of drug-likeness (QED) is 0.399. The minimum Gasteiger partial charge on any atom is -0.314 e. The van der Waals surface area contributed by atoms with Gasteiger partial charge in [-0.2, -0.15) is 0 Å². The van der Waals surface area contributed by atoms with E-state index in [4.69, 9.17) is 0 Å². The smallest absolute Gasteiger partial charge is 0.269 e. The zero-order valence-corrected chi connectivity index (χ0v) is 15.6. The van der Waals surface area contributed by atoms with Gasteiger partial charge in [-0.25, -0.2) is 0 Å². The van der Waals surface area contributed by atoms with Crippen LogP contribution in [0.3, 0.4) is 0 Å². The van der Waals surface area contributed by atoms with Crippen molar-refractivity contribution in [3.63, 3.8) is 0 Å². The molecule has 0 radical (unpaired) electrons. The van der Waals surface area contributed by atoms with Crippen molar-refractivity contribution in [1.29, 1.82) is 0 Å². The number of aromatic nitrogens is 1. The number of hydrogen-bond donors (Lipinski definition) is 0. The summed E-state index contributed by atoms with van der Waals surface area (Å²) in [5.74, 6) is 0.705. The molecule has 4 heteroatoms. The summed E-state index contributed by atoms with van der Waals surface area (Å²) in [4.78, 5) is 10.6. The van der Waals surface area contributed by atoms with E-state index in [1.54, 1.807) is 12.1 Å². The zero-order valence-electron chi connectivity index (χ0n) is 15.6. The molecule has 1 aromatic heterocycles. The van der Waals surface area contributed by atoms with Gasteiger partial charge >= 0.3 is 0 Å². The van der Waals surface area contributed by atoms with Crippen molar-refractivity contribution in [2.45, 2.75) is 44.9 Å². The molecule has 0 bridgehead atoms. The summed E-state index contributed by atoms with van der Waals surface area (Å²) in [7, 11) is 0. The van der Waals surface area contributed by atoms with Gasteiger partial charge in [-0.3, -0.25) is 10.1 Å². The summed E-state index contributed by atoms with van der Waals surface area (Å²) in [5, 5.41) is 10.9. The fourth-order valence-electron chi connectivity index (χ4n) is 4.19. The topological polar surface area (TPSA) is 48.1 Å². The number of hydrogen-bond acceptors (Lipinski definition) is 2. The number of nitro groups is 1. The van der Waals surface area contributed by atoms with E-state index >= 15 is 0 Å². The Balaban J connectivity index is 1.65. The van der Waals surface area contributed by atoms with Crippen molar-refractivity contribution in [3.8, 4) is 16.9 Å². The molecule has 1 aliphatic carbocycles. The number of nitro benzene ring substituents is 1. The third-order valence-electron chi connectivity index (χ3n) is 5.68. The van der Waals surface area contributed by atoms with Gasteiger partial charge < -0.3 is 4.57 Å². The van der Waals surface area contributed by atoms with E-state index in [0.29, 0.717) is 5.92 Å². The predicted molar refractivity (Wildman–Crippen MR) is 108 cm³/mol. The molecule has 0 spiro atoms. The molecule has 1 heterocycles. The van der Waals surface area contributed by atoms with Crippen LogP contribution in [0.1, 0.15) is 49.3 Å². The van der Waals surface area contributed by atoms with Gasteiger partial charge in [0.15, 0.2) is 0 Å². The van der Waals surface area contributed by atoms with Gasteiger partial charge in [0.2, 0.25) is 0 Å². The summed E-state index contributed by atoms with van der Waals surface area (Å²) >= 11 is 0. The van der Waals surface area contributed by atoms with E-state index in [-0.39, 0.29) is 10.6 Å². The molecule has 1 saturated carbocycles. The summed E-state index contributed by atoms with van der Waals surface area (Å²) < 4.78 is 2.15. The van der Waals surface area contributed by atoms with Crippen molar-refractivity contribution in [3.05, 3.63) is 82.0 Å². The standard InChI is InChI=1S/C23H24N2O2/c1-17-7-16-23(24(17)21-12-14-22(15-13-21)25(26)27)20-10-8-19(9-11-20)18-5-3-2-4-6-18/h7-16,18H,2-6H2,1H3. The van der Waals surface area contributed by atoms with Crippen LogP contribution >= 0.6 is 0 Å². The highest BCUT2D eigenvalue weighted by molar-refractivity contribution is 5.65. The average molecular weight is 360 g/mol. The number of rotatable bonds is 4. The van der Waals surface area contributed by atoms with Gasteiger partial charge in [-0.15, -0.1) is 0 Å². The van der Waals surface area contributed by atoms with Crippen molar-refractivity contribution in [1.82, 2.24) is 4.57 Å². The lowest BCUT2D eigenvalue weighted by Crippen LogP contribution is -2.04. The first-order chi connectivity index (χ1) is 13.1. The molecule has 2 aromatic carbocycles. The highest BCUT2D eigenvalue weighted by atomic mass is 16.6. The minimum atomic E-state index is -0.364. The molecule has 0 amide bonds. The van der Waals surface area contributed by atoms with Crippen LogP contribution in [-0.4, -0.2) is 9.49 Å². The minimum absolute atomic E-state index is 0.113. The molecule has 4 nitrogen and oxygen atoms in total. The summed E-state index contributed by atoms with van der Waals surface area (Å²) in [6.07, 6.45) is 6.66. The van der Waals surface area contributed by atoms with E-state index < -0.39 is 0 Å². The Bertz CT molecular complexity index is 934.